The van der Waals surface area contributed by atoms with E-state index in [1.54, 1.807) is 49.4 Å². The highest BCUT2D eigenvalue weighted by atomic mass is 16.6. The first kappa shape index (κ1) is 21.2. The number of benzene rings is 2. The highest BCUT2D eigenvalue weighted by Crippen LogP contribution is 2.30. The lowest BCUT2D eigenvalue weighted by atomic mass is 10.1. The molecule has 2 N–H and O–H groups in total. The summed E-state index contributed by atoms with van der Waals surface area (Å²) in [6.45, 7) is 2.06. The van der Waals surface area contributed by atoms with Gasteiger partial charge < -0.3 is 14.5 Å². The summed E-state index contributed by atoms with van der Waals surface area (Å²) in [5.74, 6) is -0.0761. The molecule has 3 rings (SSSR count). The molecular formula is C21H17N3O7. The molecule has 0 amide bonds. The van der Waals surface area contributed by atoms with E-state index < -0.39 is 27.8 Å². The second-order valence-electron chi connectivity index (χ2n) is 6.16. The summed E-state index contributed by atoms with van der Waals surface area (Å²) in [4.78, 5) is 49.8. The number of nitrogens with zero attached hydrogens (tertiary/aromatic N) is 1. The standard InChI is InChI=1S/C21H17N3O7/c1-2-30-17-12-13(8-10-15-18(24(28)29)19(25)23-21(27)22-15)9-11-16(17)31-20(26)14-6-4-3-5-7-14/h3-12H,2H2,1H3,(H2,22,23,25,27)/b10-8+. The van der Waals surface area contributed by atoms with E-state index in [9.17, 15) is 24.5 Å². The molecule has 0 saturated carbocycles. The van der Waals surface area contributed by atoms with Crippen LogP contribution in [0.25, 0.3) is 12.2 Å². The molecule has 31 heavy (non-hydrogen) atoms. The number of hydrogen-bond acceptors (Lipinski definition) is 7. The van der Waals surface area contributed by atoms with Gasteiger partial charge in [0.1, 0.15) is 5.69 Å². The minimum Gasteiger partial charge on any atom is -0.490 e. The molecule has 0 fully saturated rings. The van der Waals surface area contributed by atoms with E-state index in [2.05, 4.69) is 4.98 Å². The molecule has 0 radical (unpaired) electrons. The van der Waals surface area contributed by atoms with Crippen molar-refractivity contribution in [1.29, 1.82) is 0 Å². The second-order valence-corrected chi connectivity index (χ2v) is 6.16. The molecule has 2 aromatic carbocycles. The van der Waals surface area contributed by atoms with Crippen LogP contribution in [-0.2, 0) is 0 Å². The van der Waals surface area contributed by atoms with Crippen molar-refractivity contribution in [2.75, 3.05) is 6.61 Å². The number of nitrogens with one attached hydrogen (secondary N) is 2. The van der Waals surface area contributed by atoms with Crippen molar-refractivity contribution >= 4 is 23.8 Å². The lowest BCUT2D eigenvalue weighted by Crippen LogP contribution is -2.25. The van der Waals surface area contributed by atoms with E-state index in [0.29, 0.717) is 17.7 Å². The highest BCUT2D eigenvalue weighted by molar-refractivity contribution is 5.91. The maximum Gasteiger partial charge on any atom is 0.357 e. The van der Waals surface area contributed by atoms with E-state index >= 15 is 0 Å². The van der Waals surface area contributed by atoms with Gasteiger partial charge in [-0.3, -0.25) is 19.9 Å². The lowest BCUT2D eigenvalue weighted by Gasteiger charge is -2.11. The van der Waals surface area contributed by atoms with Gasteiger partial charge in [-0.2, -0.15) is 0 Å². The molecular weight excluding hydrogens is 406 g/mol. The molecule has 0 spiro atoms. The predicted octanol–water partition coefficient (Wildman–Crippen LogP) is 2.76. The quantitative estimate of drug-likeness (QED) is 0.257. The van der Waals surface area contributed by atoms with Crippen molar-refractivity contribution in [2.45, 2.75) is 6.92 Å². The van der Waals surface area contributed by atoms with Crippen molar-refractivity contribution in [3.63, 3.8) is 0 Å². The van der Waals surface area contributed by atoms with Crippen LogP contribution in [0.4, 0.5) is 5.69 Å². The van der Waals surface area contributed by atoms with Gasteiger partial charge in [-0.1, -0.05) is 30.3 Å². The number of hydrogen-bond donors (Lipinski definition) is 2. The van der Waals surface area contributed by atoms with Crippen molar-refractivity contribution in [3.05, 3.63) is 96.3 Å². The van der Waals surface area contributed by atoms with Gasteiger partial charge in [0, 0.05) is 0 Å². The Morgan fingerprint density at radius 3 is 2.48 bits per heavy atom. The molecule has 0 aliphatic heterocycles. The molecule has 0 aliphatic rings. The lowest BCUT2D eigenvalue weighted by molar-refractivity contribution is -0.386. The average Bonchev–Trinajstić information content (AvgIpc) is 2.73. The summed E-state index contributed by atoms with van der Waals surface area (Å²) in [5, 5.41) is 11.1. The molecule has 1 aromatic heterocycles. The van der Waals surface area contributed by atoms with Crippen LogP contribution in [0.2, 0.25) is 0 Å². The third-order valence-corrected chi connectivity index (χ3v) is 4.05. The Bertz CT molecular complexity index is 1260. The van der Waals surface area contributed by atoms with Gasteiger partial charge in [-0.15, -0.1) is 0 Å². The maximum atomic E-state index is 12.3. The molecule has 0 aliphatic carbocycles. The Morgan fingerprint density at radius 1 is 1.06 bits per heavy atom. The van der Waals surface area contributed by atoms with Crippen LogP contribution in [-0.4, -0.2) is 27.5 Å². The number of H-pyrrole nitrogens is 2. The topological polar surface area (TPSA) is 144 Å². The van der Waals surface area contributed by atoms with Crippen LogP contribution >= 0.6 is 0 Å². The summed E-state index contributed by atoms with van der Waals surface area (Å²) < 4.78 is 10.9. The average molecular weight is 423 g/mol. The van der Waals surface area contributed by atoms with Crippen molar-refractivity contribution in [1.82, 2.24) is 9.97 Å². The van der Waals surface area contributed by atoms with E-state index in [0.717, 1.165) is 0 Å². The number of carbonyl (C=O) groups excluding carboxylic acids is 1. The first-order valence-electron chi connectivity index (χ1n) is 9.12. The number of ether oxygens (including phenoxy) is 2. The fourth-order valence-corrected chi connectivity index (χ4v) is 2.69. The number of rotatable bonds is 7. The van der Waals surface area contributed by atoms with Crippen LogP contribution in [0.5, 0.6) is 11.5 Å². The minimum absolute atomic E-state index is 0.198. The van der Waals surface area contributed by atoms with Crippen LogP contribution < -0.4 is 20.7 Å². The van der Waals surface area contributed by atoms with Gasteiger partial charge in [0.25, 0.3) is 0 Å². The molecule has 3 aromatic rings. The molecule has 10 heteroatoms. The summed E-state index contributed by atoms with van der Waals surface area (Å²) >= 11 is 0. The van der Waals surface area contributed by atoms with Gasteiger partial charge in [0.2, 0.25) is 0 Å². The smallest absolute Gasteiger partial charge is 0.357 e. The van der Waals surface area contributed by atoms with Crippen LogP contribution in [0, 0.1) is 10.1 Å². The van der Waals surface area contributed by atoms with Gasteiger partial charge in [0.15, 0.2) is 11.5 Å². The molecule has 158 valence electrons. The fourth-order valence-electron chi connectivity index (χ4n) is 2.69. The molecule has 0 bridgehead atoms. The highest BCUT2D eigenvalue weighted by Gasteiger charge is 2.19. The predicted molar refractivity (Wildman–Crippen MR) is 112 cm³/mol. The summed E-state index contributed by atoms with van der Waals surface area (Å²) in [6, 6.07) is 13.1. The van der Waals surface area contributed by atoms with Crippen LogP contribution in [0.15, 0.2) is 58.1 Å². The molecule has 0 saturated heterocycles. The summed E-state index contributed by atoms with van der Waals surface area (Å²) in [6.07, 6.45) is 2.68. The fraction of sp³-hybridized carbons (Fsp3) is 0.0952. The van der Waals surface area contributed by atoms with E-state index in [4.69, 9.17) is 9.47 Å². The van der Waals surface area contributed by atoms with Gasteiger partial charge in [-0.05, 0) is 42.8 Å². The maximum absolute atomic E-state index is 12.3. The molecule has 10 nitrogen and oxygen atoms in total. The Kier molecular flexibility index (Phi) is 6.41. The van der Waals surface area contributed by atoms with Gasteiger partial charge in [0.05, 0.1) is 17.1 Å². The number of carbonyl (C=O) groups is 1. The second kappa shape index (κ2) is 9.35. The van der Waals surface area contributed by atoms with Gasteiger partial charge in [-0.25, -0.2) is 9.59 Å². The number of aromatic nitrogens is 2. The zero-order valence-electron chi connectivity index (χ0n) is 16.3. The van der Waals surface area contributed by atoms with Crippen LogP contribution in [0.3, 0.4) is 0 Å². The first-order valence-corrected chi connectivity index (χ1v) is 9.12. The van der Waals surface area contributed by atoms with Gasteiger partial charge >= 0.3 is 22.9 Å². The van der Waals surface area contributed by atoms with Crippen molar-refractivity contribution in [2.24, 2.45) is 0 Å². The number of nitro groups is 1. The Morgan fingerprint density at radius 2 is 1.81 bits per heavy atom. The zero-order chi connectivity index (χ0) is 22.4. The summed E-state index contributed by atoms with van der Waals surface area (Å²) in [7, 11) is 0. The Labute approximate surface area is 174 Å². The largest absolute Gasteiger partial charge is 0.490 e. The molecule has 0 unspecified atom stereocenters. The minimum atomic E-state index is -1.11. The first-order chi connectivity index (χ1) is 14.9. The molecule has 0 atom stereocenters. The zero-order valence-corrected chi connectivity index (χ0v) is 16.3. The molecule has 1 heterocycles. The Hall–Kier alpha value is -4.47. The number of esters is 1. The van der Waals surface area contributed by atoms with Crippen molar-refractivity contribution in [3.8, 4) is 11.5 Å². The summed E-state index contributed by atoms with van der Waals surface area (Å²) in [5.41, 5.74) is -2.11. The van der Waals surface area contributed by atoms with E-state index in [1.807, 2.05) is 4.98 Å². The third kappa shape index (κ3) is 5.12. The van der Waals surface area contributed by atoms with E-state index in [-0.39, 0.29) is 17.2 Å². The number of aromatic amines is 2. The van der Waals surface area contributed by atoms with Crippen molar-refractivity contribution < 1.29 is 19.2 Å². The normalized spacial score (nSPS) is 10.7. The third-order valence-electron chi connectivity index (χ3n) is 4.05. The SMILES string of the molecule is CCOc1cc(/C=C/c2[nH]c(=O)[nH]c(=O)c2[N+](=O)[O-])ccc1OC(=O)c1ccccc1. The van der Waals surface area contributed by atoms with E-state index in [1.165, 1.54) is 18.2 Å². The monoisotopic (exact) mass is 423 g/mol. The van der Waals surface area contributed by atoms with Crippen LogP contribution in [0.1, 0.15) is 28.5 Å². The Balaban J connectivity index is 1.91.